The van der Waals surface area contributed by atoms with E-state index in [4.69, 9.17) is 0 Å². The molecule has 2 heterocycles. The summed E-state index contributed by atoms with van der Waals surface area (Å²) >= 11 is 3.48. The van der Waals surface area contributed by atoms with Crippen LogP contribution in [0.5, 0.6) is 0 Å². The fourth-order valence-corrected chi connectivity index (χ4v) is 3.09. The Kier molecular flexibility index (Phi) is 7.95. The van der Waals surface area contributed by atoms with Crippen LogP contribution in [0, 0.1) is 0 Å². The summed E-state index contributed by atoms with van der Waals surface area (Å²) in [5.74, 6) is 0.823. The third-order valence-corrected chi connectivity index (χ3v) is 4.64. The van der Waals surface area contributed by atoms with Crippen LogP contribution in [0.1, 0.15) is 12.1 Å². The van der Waals surface area contributed by atoms with Crippen LogP contribution in [-0.2, 0) is 6.54 Å². The minimum Gasteiger partial charge on any atom is -0.369 e. The van der Waals surface area contributed by atoms with Crippen molar-refractivity contribution < 1.29 is 0 Å². The molecule has 7 heteroatoms. The van der Waals surface area contributed by atoms with E-state index < -0.39 is 0 Å². The van der Waals surface area contributed by atoms with Gasteiger partial charge in [0.25, 0.3) is 0 Å². The van der Waals surface area contributed by atoms with Crippen LogP contribution in [0.3, 0.4) is 0 Å². The minimum absolute atomic E-state index is 0. The number of aromatic nitrogens is 1. The molecule has 2 N–H and O–H groups in total. The van der Waals surface area contributed by atoms with Crippen molar-refractivity contribution in [3.05, 3.63) is 58.8 Å². The van der Waals surface area contributed by atoms with Gasteiger partial charge in [0, 0.05) is 42.5 Å². The quantitative estimate of drug-likeness (QED) is 0.372. The molecule has 1 fully saturated rings. The zero-order chi connectivity index (χ0) is 16.8. The zero-order valence-corrected chi connectivity index (χ0v) is 18.1. The Bertz CT molecular complexity index is 678. The number of halogens is 2. The van der Waals surface area contributed by atoms with Crippen LogP contribution >= 0.6 is 39.9 Å². The lowest BCUT2D eigenvalue weighted by atomic mass is 10.2. The maximum absolute atomic E-state index is 4.32. The summed E-state index contributed by atoms with van der Waals surface area (Å²) in [4.78, 5) is 11.0. The Hall–Kier alpha value is -1.35. The van der Waals surface area contributed by atoms with Crippen molar-refractivity contribution >= 4 is 51.6 Å². The molecule has 134 valence electrons. The summed E-state index contributed by atoms with van der Waals surface area (Å²) in [6.45, 7) is 2.70. The van der Waals surface area contributed by atoms with Gasteiger partial charge < -0.3 is 15.5 Å². The molecule has 1 aromatic carbocycles. The second-order valence-corrected chi connectivity index (χ2v) is 6.71. The highest BCUT2D eigenvalue weighted by atomic mass is 127. The highest BCUT2D eigenvalue weighted by Crippen LogP contribution is 2.22. The van der Waals surface area contributed by atoms with Crippen molar-refractivity contribution in [2.24, 2.45) is 4.99 Å². The number of pyridine rings is 1. The van der Waals surface area contributed by atoms with E-state index in [9.17, 15) is 0 Å². The second-order valence-electron chi connectivity index (χ2n) is 5.80. The molecule has 5 nitrogen and oxygen atoms in total. The molecule has 1 saturated heterocycles. The van der Waals surface area contributed by atoms with Crippen LogP contribution < -0.4 is 15.5 Å². The molecular weight excluding hydrogens is 493 g/mol. The predicted octanol–water partition coefficient (Wildman–Crippen LogP) is 3.41. The number of hydrogen-bond donors (Lipinski definition) is 2. The largest absolute Gasteiger partial charge is 0.369 e. The number of aliphatic imine (C=N–C) groups is 1. The monoisotopic (exact) mass is 515 g/mol. The van der Waals surface area contributed by atoms with Crippen molar-refractivity contribution in [1.82, 2.24) is 15.6 Å². The standard InChI is InChI=1S/C18H22BrN5.HI/c1-20-18(22-12-15-4-2-3-10-21-15)23-16-9-11-24(13-16)17-7-5-14(19)6-8-17;/h2-8,10,16H,9,11-13H2,1H3,(H2,20,22,23);1H. The highest BCUT2D eigenvalue weighted by molar-refractivity contribution is 14.0. The Labute approximate surface area is 174 Å². The zero-order valence-electron chi connectivity index (χ0n) is 14.2. The molecule has 2 aromatic rings. The summed E-state index contributed by atoms with van der Waals surface area (Å²) in [5.41, 5.74) is 2.27. The minimum atomic E-state index is 0. The van der Waals surface area contributed by atoms with E-state index in [0.29, 0.717) is 12.6 Å². The van der Waals surface area contributed by atoms with E-state index >= 15 is 0 Å². The average molecular weight is 516 g/mol. The van der Waals surface area contributed by atoms with Gasteiger partial charge >= 0.3 is 0 Å². The second kappa shape index (κ2) is 9.96. The molecule has 0 spiro atoms. The Morgan fingerprint density at radius 3 is 2.76 bits per heavy atom. The van der Waals surface area contributed by atoms with Gasteiger partial charge in [0.2, 0.25) is 0 Å². The number of nitrogens with zero attached hydrogens (tertiary/aromatic N) is 3. The molecule has 1 unspecified atom stereocenters. The van der Waals surface area contributed by atoms with Crippen LogP contribution in [0.4, 0.5) is 5.69 Å². The first-order chi connectivity index (χ1) is 11.7. The fourth-order valence-electron chi connectivity index (χ4n) is 2.83. The molecule has 1 atom stereocenters. The van der Waals surface area contributed by atoms with Crippen LogP contribution in [-0.4, -0.2) is 37.1 Å². The maximum Gasteiger partial charge on any atom is 0.191 e. The van der Waals surface area contributed by atoms with Crippen LogP contribution in [0.2, 0.25) is 0 Å². The SMILES string of the molecule is CN=C(NCc1ccccn1)NC1CCN(c2ccc(Br)cc2)C1.I. The van der Waals surface area contributed by atoms with Gasteiger partial charge in [0.1, 0.15) is 0 Å². The summed E-state index contributed by atoms with van der Waals surface area (Å²) in [5, 5.41) is 6.83. The van der Waals surface area contributed by atoms with Gasteiger partial charge in [0.05, 0.1) is 12.2 Å². The smallest absolute Gasteiger partial charge is 0.191 e. The topological polar surface area (TPSA) is 52.6 Å². The molecule has 1 aliphatic rings. The number of nitrogens with one attached hydrogen (secondary N) is 2. The first-order valence-corrected chi connectivity index (χ1v) is 8.91. The van der Waals surface area contributed by atoms with Gasteiger partial charge in [-0.1, -0.05) is 22.0 Å². The van der Waals surface area contributed by atoms with Crippen molar-refractivity contribution in [3.8, 4) is 0 Å². The van der Waals surface area contributed by atoms with Gasteiger partial charge in [0.15, 0.2) is 5.96 Å². The average Bonchev–Trinajstić information content (AvgIpc) is 3.08. The Balaban J connectivity index is 0.00000225. The first kappa shape index (κ1) is 20.0. The van der Waals surface area contributed by atoms with Crippen LogP contribution in [0.25, 0.3) is 0 Å². The van der Waals surface area contributed by atoms with Crippen molar-refractivity contribution in [2.75, 3.05) is 25.0 Å². The number of anilines is 1. The molecule has 0 amide bonds. The van der Waals surface area contributed by atoms with Crippen LogP contribution in [0.15, 0.2) is 58.1 Å². The van der Waals surface area contributed by atoms with E-state index in [0.717, 1.165) is 35.6 Å². The number of hydrogen-bond acceptors (Lipinski definition) is 3. The van der Waals surface area contributed by atoms with Gasteiger partial charge in [-0.25, -0.2) is 0 Å². The van der Waals surface area contributed by atoms with Gasteiger partial charge in [-0.15, -0.1) is 24.0 Å². The number of rotatable bonds is 4. The molecule has 0 saturated carbocycles. The maximum atomic E-state index is 4.32. The molecule has 25 heavy (non-hydrogen) atoms. The molecule has 1 aromatic heterocycles. The van der Waals surface area contributed by atoms with Crippen molar-refractivity contribution in [2.45, 2.75) is 19.0 Å². The van der Waals surface area contributed by atoms with Crippen molar-refractivity contribution in [3.63, 3.8) is 0 Å². The van der Waals surface area contributed by atoms with E-state index in [2.05, 4.69) is 65.7 Å². The van der Waals surface area contributed by atoms with E-state index in [1.165, 1.54) is 5.69 Å². The molecular formula is C18H23BrIN5. The van der Waals surface area contributed by atoms with Gasteiger partial charge in [-0.2, -0.15) is 0 Å². The Morgan fingerprint density at radius 2 is 2.08 bits per heavy atom. The third kappa shape index (κ3) is 5.85. The summed E-state index contributed by atoms with van der Waals surface area (Å²) in [6.07, 6.45) is 2.90. The number of guanidine groups is 1. The molecule has 0 radical (unpaired) electrons. The van der Waals surface area contributed by atoms with Gasteiger partial charge in [-0.05, 0) is 42.8 Å². The lowest BCUT2D eigenvalue weighted by molar-refractivity contribution is 0.647. The van der Waals surface area contributed by atoms with Gasteiger partial charge in [-0.3, -0.25) is 9.98 Å². The van der Waals surface area contributed by atoms with E-state index in [-0.39, 0.29) is 24.0 Å². The molecule has 0 aliphatic carbocycles. The first-order valence-electron chi connectivity index (χ1n) is 8.12. The summed E-state index contributed by atoms with van der Waals surface area (Å²) in [7, 11) is 1.80. The third-order valence-electron chi connectivity index (χ3n) is 4.11. The Morgan fingerprint density at radius 1 is 1.28 bits per heavy atom. The normalized spacial score (nSPS) is 17.1. The lowest BCUT2D eigenvalue weighted by Gasteiger charge is -2.20. The molecule has 0 bridgehead atoms. The van der Waals surface area contributed by atoms with E-state index in [1.54, 1.807) is 13.2 Å². The summed E-state index contributed by atoms with van der Waals surface area (Å²) in [6, 6.07) is 14.8. The summed E-state index contributed by atoms with van der Waals surface area (Å²) < 4.78 is 1.11. The predicted molar refractivity (Wildman–Crippen MR) is 118 cm³/mol. The number of benzene rings is 1. The highest BCUT2D eigenvalue weighted by Gasteiger charge is 2.23. The molecule has 3 rings (SSSR count). The van der Waals surface area contributed by atoms with Crippen molar-refractivity contribution in [1.29, 1.82) is 0 Å². The molecule has 1 aliphatic heterocycles. The van der Waals surface area contributed by atoms with E-state index in [1.807, 2.05) is 18.2 Å². The fraction of sp³-hybridized carbons (Fsp3) is 0.333. The lowest BCUT2D eigenvalue weighted by Crippen LogP contribution is -2.44.